The van der Waals surface area contributed by atoms with Gasteiger partial charge in [-0.25, -0.2) is 0 Å². The van der Waals surface area contributed by atoms with E-state index >= 15 is 0 Å². The zero-order valence-electron chi connectivity index (χ0n) is 10.1. The van der Waals surface area contributed by atoms with Gasteiger partial charge >= 0.3 is 0 Å². The fourth-order valence-electron chi connectivity index (χ4n) is 2.07. The number of aliphatic hydroxyl groups excluding tert-OH is 1. The molecular weight excluding hydrogens is 216 g/mol. The molecule has 0 aromatic carbocycles. The van der Waals surface area contributed by atoms with Crippen LogP contribution in [0.5, 0.6) is 0 Å². The summed E-state index contributed by atoms with van der Waals surface area (Å²) >= 11 is 0. The van der Waals surface area contributed by atoms with Crippen molar-refractivity contribution in [2.24, 2.45) is 0 Å². The summed E-state index contributed by atoms with van der Waals surface area (Å²) in [5, 5.41) is 9.39. The summed E-state index contributed by atoms with van der Waals surface area (Å²) in [6.07, 6.45) is -1.16. The van der Waals surface area contributed by atoms with Crippen molar-refractivity contribution < 1.29 is 28.8 Å². The lowest BCUT2D eigenvalue weighted by Crippen LogP contribution is -2.49. The van der Waals surface area contributed by atoms with Gasteiger partial charge in [-0.3, -0.25) is 0 Å². The Morgan fingerprint density at radius 3 is 2.25 bits per heavy atom. The number of hydrogen-bond acceptors (Lipinski definition) is 6. The average molecular weight is 236 g/mol. The molecule has 6 nitrogen and oxygen atoms in total. The molecule has 1 rings (SSSR count). The Labute approximate surface area is 95.4 Å². The first-order valence-electron chi connectivity index (χ1n) is 5.07. The molecule has 1 saturated heterocycles. The van der Waals surface area contributed by atoms with Gasteiger partial charge in [0.25, 0.3) is 0 Å². The summed E-state index contributed by atoms with van der Waals surface area (Å²) in [6.45, 7) is 0.0472. The highest BCUT2D eigenvalue weighted by Gasteiger charge is 2.56. The van der Waals surface area contributed by atoms with E-state index in [1.54, 1.807) is 14.2 Å². The van der Waals surface area contributed by atoms with Gasteiger partial charge in [0.1, 0.15) is 24.9 Å². The molecule has 1 aliphatic rings. The third kappa shape index (κ3) is 2.22. The number of aliphatic hydroxyl groups is 1. The summed E-state index contributed by atoms with van der Waals surface area (Å²) in [5.74, 6) is -1.18. The van der Waals surface area contributed by atoms with Crippen molar-refractivity contribution in [3.63, 3.8) is 0 Å². The van der Waals surface area contributed by atoms with Crippen LogP contribution in [0.4, 0.5) is 0 Å². The number of ether oxygens (including phenoxy) is 5. The maximum absolute atomic E-state index is 9.39. The van der Waals surface area contributed by atoms with Crippen molar-refractivity contribution in [3.8, 4) is 0 Å². The molecule has 0 aromatic rings. The van der Waals surface area contributed by atoms with Crippen molar-refractivity contribution in [2.75, 3.05) is 41.7 Å². The summed E-state index contributed by atoms with van der Waals surface area (Å²) in [6, 6.07) is 0. The summed E-state index contributed by atoms with van der Waals surface area (Å²) in [5.41, 5.74) is 0. The van der Waals surface area contributed by atoms with Crippen LogP contribution in [0.3, 0.4) is 0 Å². The fourth-order valence-corrected chi connectivity index (χ4v) is 2.07. The first-order valence-corrected chi connectivity index (χ1v) is 5.07. The first-order chi connectivity index (χ1) is 7.68. The second kappa shape index (κ2) is 5.90. The van der Waals surface area contributed by atoms with Gasteiger partial charge in [0, 0.05) is 28.4 Å². The number of rotatable bonds is 6. The van der Waals surface area contributed by atoms with Crippen LogP contribution in [0.15, 0.2) is 0 Å². The normalized spacial score (nSPS) is 39.2. The van der Waals surface area contributed by atoms with E-state index in [9.17, 15) is 5.11 Å². The molecule has 0 aromatic heterocycles. The Morgan fingerprint density at radius 2 is 1.88 bits per heavy atom. The molecule has 6 heteroatoms. The Balaban J connectivity index is 2.88. The predicted octanol–water partition coefficient (Wildman–Crippen LogP) is -0.603. The van der Waals surface area contributed by atoms with Crippen molar-refractivity contribution in [1.29, 1.82) is 0 Å². The van der Waals surface area contributed by atoms with Gasteiger partial charge in [0.2, 0.25) is 5.79 Å². The lowest BCUT2D eigenvalue weighted by atomic mass is 10.1. The van der Waals surface area contributed by atoms with Crippen LogP contribution >= 0.6 is 0 Å². The van der Waals surface area contributed by atoms with Crippen LogP contribution in [0, 0.1) is 0 Å². The molecule has 1 fully saturated rings. The predicted molar refractivity (Wildman–Crippen MR) is 55.2 cm³/mol. The topological polar surface area (TPSA) is 66.4 Å². The van der Waals surface area contributed by atoms with Crippen molar-refractivity contribution in [3.05, 3.63) is 0 Å². The maximum Gasteiger partial charge on any atom is 0.221 e. The van der Waals surface area contributed by atoms with Crippen molar-refractivity contribution >= 4 is 0 Å². The monoisotopic (exact) mass is 236 g/mol. The summed E-state index contributed by atoms with van der Waals surface area (Å²) in [4.78, 5) is 0. The zero-order valence-corrected chi connectivity index (χ0v) is 10.1. The number of hydrogen-bond donors (Lipinski definition) is 1. The molecule has 0 amide bonds. The SMILES string of the molecule is COC[C@H]1O[C@@](CO)(OC)[C@@H](OC)[C@@H]1OC. The number of methoxy groups -OCH3 is 4. The van der Waals surface area contributed by atoms with Gasteiger partial charge in [0.15, 0.2) is 0 Å². The van der Waals surface area contributed by atoms with E-state index in [-0.39, 0.29) is 18.8 Å². The molecule has 0 aliphatic carbocycles. The molecular formula is C10H20O6. The average Bonchev–Trinajstić information content (AvgIpc) is 2.63. The molecule has 4 atom stereocenters. The first kappa shape index (κ1) is 13.8. The largest absolute Gasteiger partial charge is 0.391 e. The highest BCUT2D eigenvalue weighted by molar-refractivity contribution is 4.98. The van der Waals surface area contributed by atoms with E-state index in [2.05, 4.69) is 0 Å². The molecule has 0 bridgehead atoms. The molecule has 0 radical (unpaired) electrons. The van der Waals surface area contributed by atoms with E-state index in [0.717, 1.165) is 0 Å². The van der Waals surface area contributed by atoms with Crippen LogP contribution in [0.2, 0.25) is 0 Å². The Kier molecular flexibility index (Phi) is 5.10. The molecule has 1 aliphatic heterocycles. The van der Waals surface area contributed by atoms with Crippen LogP contribution in [0.25, 0.3) is 0 Å². The van der Waals surface area contributed by atoms with Gasteiger partial charge in [-0.05, 0) is 0 Å². The third-order valence-corrected chi connectivity index (χ3v) is 2.87. The highest BCUT2D eigenvalue weighted by atomic mass is 16.8. The van der Waals surface area contributed by atoms with Crippen molar-refractivity contribution in [2.45, 2.75) is 24.1 Å². The molecule has 96 valence electrons. The summed E-state index contributed by atoms with van der Waals surface area (Å²) in [7, 11) is 6.12. The highest BCUT2D eigenvalue weighted by Crippen LogP contribution is 2.35. The van der Waals surface area contributed by atoms with Gasteiger partial charge in [-0.1, -0.05) is 0 Å². The Morgan fingerprint density at radius 1 is 1.19 bits per heavy atom. The Bertz CT molecular complexity index is 205. The van der Waals surface area contributed by atoms with Crippen LogP contribution in [-0.4, -0.2) is 70.9 Å². The molecule has 16 heavy (non-hydrogen) atoms. The second-order valence-corrected chi connectivity index (χ2v) is 3.64. The van der Waals surface area contributed by atoms with E-state index in [4.69, 9.17) is 23.7 Å². The van der Waals surface area contributed by atoms with E-state index in [0.29, 0.717) is 6.61 Å². The molecule has 1 heterocycles. The molecule has 0 saturated carbocycles. The standard InChI is InChI=1S/C10H20O6/c1-12-5-7-8(13-2)9(14-3)10(6-11,15-4)16-7/h7-9,11H,5-6H2,1-4H3/t7-,8-,9+,10-/m1/s1. The third-order valence-electron chi connectivity index (χ3n) is 2.87. The van der Waals surface area contributed by atoms with Gasteiger partial charge in [0.05, 0.1) is 6.61 Å². The minimum absolute atomic E-state index is 0.303. The second-order valence-electron chi connectivity index (χ2n) is 3.64. The van der Waals surface area contributed by atoms with E-state index < -0.39 is 11.9 Å². The van der Waals surface area contributed by atoms with E-state index in [1.165, 1.54) is 14.2 Å². The minimum Gasteiger partial charge on any atom is -0.391 e. The quantitative estimate of drug-likeness (QED) is 0.664. The molecule has 0 unspecified atom stereocenters. The van der Waals surface area contributed by atoms with Gasteiger partial charge in [-0.15, -0.1) is 0 Å². The van der Waals surface area contributed by atoms with Crippen LogP contribution < -0.4 is 0 Å². The molecule has 0 spiro atoms. The van der Waals surface area contributed by atoms with Crippen LogP contribution in [-0.2, 0) is 23.7 Å². The lowest BCUT2D eigenvalue weighted by molar-refractivity contribution is -0.268. The smallest absolute Gasteiger partial charge is 0.221 e. The molecule has 1 N–H and O–H groups in total. The maximum atomic E-state index is 9.39. The minimum atomic E-state index is -1.18. The van der Waals surface area contributed by atoms with Crippen LogP contribution in [0.1, 0.15) is 0 Å². The van der Waals surface area contributed by atoms with Crippen molar-refractivity contribution in [1.82, 2.24) is 0 Å². The van der Waals surface area contributed by atoms with E-state index in [1.807, 2.05) is 0 Å². The lowest BCUT2D eigenvalue weighted by Gasteiger charge is -2.30. The Hall–Kier alpha value is -0.240. The van der Waals surface area contributed by atoms with Gasteiger partial charge in [-0.2, -0.15) is 0 Å². The van der Waals surface area contributed by atoms with Gasteiger partial charge < -0.3 is 28.8 Å². The fraction of sp³-hybridized carbons (Fsp3) is 1.00. The zero-order chi connectivity index (χ0) is 12.2. The summed E-state index contributed by atoms with van der Waals surface area (Å²) < 4.78 is 26.5.